The van der Waals surface area contributed by atoms with Gasteiger partial charge in [0.05, 0.1) is 30.3 Å². The molecule has 2 aromatic heterocycles. The Morgan fingerprint density at radius 3 is 2.48 bits per heavy atom. The van der Waals surface area contributed by atoms with Crippen LogP contribution in [0.4, 0.5) is 0 Å². The lowest BCUT2D eigenvalue weighted by atomic mass is 9.97. The molecule has 1 atom stereocenters. The maximum Gasteiger partial charge on any atom is 0.327 e. The molecule has 4 aromatic rings. The number of carbonyl (C=O) groups excluding carboxylic acids is 1. The molecule has 1 unspecified atom stereocenters. The van der Waals surface area contributed by atoms with Gasteiger partial charge in [-0.15, -0.1) is 0 Å². The molecule has 2 heterocycles. The van der Waals surface area contributed by atoms with Crippen LogP contribution >= 0.6 is 0 Å². The zero-order valence-electron chi connectivity index (χ0n) is 22.7. The lowest BCUT2D eigenvalue weighted by Gasteiger charge is -2.18. The third-order valence-electron chi connectivity index (χ3n) is 6.16. The number of rotatable bonds is 12. The van der Waals surface area contributed by atoms with Gasteiger partial charge in [-0.05, 0) is 62.6 Å². The highest BCUT2D eigenvalue weighted by molar-refractivity contribution is 5.78. The van der Waals surface area contributed by atoms with Crippen LogP contribution in [0.1, 0.15) is 48.9 Å². The minimum Gasteiger partial charge on any atom is -0.493 e. The van der Waals surface area contributed by atoms with Crippen molar-refractivity contribution in [2.75, 3.05) is 6.61 Å². The van der Waals surface area contributed by atoms with Crippen LogP contribution in [0, 0.1) is 6.92 Å². The van der Waals surface area contributed by atoms with E-state index >= 15 is 0 Å². The number of esters is 1. The lowest BCUT2D eigenvalue weighted by molar-refractivity contribution is -0.149. The molecule has 0 aliphatic rings. The largest absolute Gasteiger partial charge is 0.493 e. The number of nitrogens with two attached hydrogens (primary N) is 1. The number of nitrogens with zero attached hydrogens (tertiary/aromatic N) is 3. The van der Waals surface area contributed by atoms with Crippen molar-refractivity contribution < 1.29 is 28.6 Å². The third-order valence-corrected chi connectivity index (χ3v) is 6.16. The van der Waals surface area contributed by atoms with Crippen molar-refractivity contribution in [3.63, 3.8) is 0 Å². The molecular weight excluding hydrogens is 512 g/mol. The van der Waals surface area contributed by atoms with Crippen LogP contribution in [0.15, 0.2) is 65.5 Å². The molecule has 0 aliphatic carbocycles. The SMILES string of the molecule is Cc1oc(-c2ccc(-c3cnccn3)cc2)nc1CCOc1ccc(CCC(=O)O)c(C(N)C(=O)OC(C)C)c1. The minimum atomic E-state index is -1.06. The van der Waals surface area contributed by atoms with Crippen molar-refractivity contribution in [1.29, 1.82) is 0 Å². The molecule has 3 N–H and O–H groups in total. The van der Waals surface area contributed by atoms with Gasteiger partial charge < -0.3 is 24.7 Å². The van der Waals surface area contributed by atoms with Gasteiger partial charge >= 0.3 is 11.9 Å². The Labute approximate surface area is 232 Å². The van der Waals surface area contributed by atoms with Gasteiger partial charge in [0.15, 0.2) is 0 Å². The summed E-state index contributed by atoms with van der Waals surface area (Å²) in [6, 6.07) is 11.8. The fraction of sp³-hybridized carbons (Fsp3) is 0.300. The van der Waals surface area contributed by atoms with E-state index in [9.17, 15) is 9.59 Å². The molecule has 0 bridgehead atoms. The van der Waals surface area contributed by atoms with Crippen molar-refractivity contribution in [3.8, 4) is 28.5 Å². The Hall–Kier alpha value is -4.57. The number of benzene rings is 2. The van der Waals surface area contributed by atoms with Gasteiger partial charge in [-0.2, -0.15) is 0 Å². The summed E-state index contributed by atoms with van der Waals surface area (Å²) in [6.07, 6.45) is 5.30. The van der Waals surface area contributed by atoms with E-state index < -0.39 is 18.0 Å². The van der Waals surface area contributed by atoms with Crippen molar-refractivity contribution in [3.05, 3.63) is 83.6 Å². The fourth-order valence-corrected chi connectivity index (χ4v) is 4.13. The highest BCUT2D eigenvalue weighted by atomic mass is 16.5. The molecule has 2 aromatic carbocycles. The number of hydrogen-bond acceptors (Lipinski definition) is 9. The summed E-state index contributed by atoms with van der Waals surface area (Å²) in [5.41, 5.74) is 10.7. The second kappa shape index (κ2) is 13.0. The first-order valence-electron chi connectivity index (χ1n) is 13.0. The number of aliphatic carboxylic acids is 1. The summed E-state index contributed by atoms with van der Waals surface area (Å²) < 4.78 is 17.1. The first-order chi connectivity index (χ1) is 19.2. The summed E-state index contributed by atoms with van der Waals surface area (Å²) in [5.74, 6) is 0.188. The molecule has 0 fully saturated rings. The number of aromatic nitrogens is 3. The molecule has 0 aliphatic heterocycles. The second-order valence-corrected chi connectivity index (χ2v) is 9.51. The summed E-state index contributed by atoms with van der Waals surface area (Å²) in [5, 5.41) is 9.10. The molecule has 10 heteroatoms. The summed E-state index contributed by atoms with van der Waals surface area (Å²) in [7, 11) is 0. The Bertz CT molecular complexity index is 1450. The molecule has 208 valence electrons. The molecule has 0 radical (unpaired) electrons. The maximum atomic E-state index is 12.5. The highest BCUT2D eigenvalue weighted by Gasteiger charge is 2.23. The van der Waals surface area contributed by atoms with E-state index in [4.69, 9.17) is 24.7 Å². The quantitative estimate of drug-likeness (QED) is 0.240. The Balaban J connectivity index is 1.43. The van der Waals surface area contributed by atoms with Crippen molar-refractivity contribution in [2.24, 2.45) is 5.73 Å². The van der Waals surface area contributed by atoms with Crippen LogP contribution < -0.4 is 10.5 Å². The predicted octanol–water partition coefficient (Wildman–Crippen LogP) is 4.70. The predicted molar refractivity (Wildman–Crippen MR) is 147 cm³/mol. The van der Waals surface area contributed by atoms with Gasteiger partial charge in [-0.25, -0.2) is 9.78 Å². The average Bonchev–Trinajstić information content (AvgIpc) is 3.32. The van der Waals surface area contributed by atoms with Gasteiger partial charge in [-0.1, -0.05) is 18.2 Å². The molecule has 0 spiro atoms. The summed E-state index contributed by atoms with van der Waals surface area (Å²) >= 11 is 0. The van der Waals surface area contributed by atoms with Crippen molar-refractivity contribution >= 4 is 11.9 Å². The summed E-state index contributed by atoms with van der Waals surface area (Å²) in [4.78, 5) is 36.6. The Kier molecular flexibility index (Phi) is 9.23. The van der Waals surface area contributed by atoms with Crippen LogP contribution in [-0.4, -0.2) is 44.7 Å². The molecule has 0 saturated carbocycles. The normalized spacial score (nSPS) is 11.8. The van der Waals surface area contributed by atoms with Crippen molar-refractivity contribution in [1.82, 2.24) is 15.0 Å². The second-order valence-electron chi connectivity index (χ2n) is 9.51. The maximum absolute atomic E-state index is 12.5. The molecule has 0 saturated heterocycles. The van der Waals surface area contributed by atoms with E-state index in [-0.39, 0.29) is 18.9 Å². The first kappa shape index (κ1) is 28.4. The van der Waals surface area contributed by atoms with E-state index in [1.54, 1.807) is 50.6 Å². The fourth-order valence-electron chi connectivity index (χ4n) is 4.13. The smallest absolute Gasteiger partial charge is 0.327 e. The van der Waals surface area contributed by atoms with Gasteiger partial charge in [-0.3, -0.25) is 14.8 Å². The topological polar surface area (TPSA) is 151 Å². The molecule has 10 nitrogen and oxygen atoms in total. The molecule has 4 rings (SSSR count). The number of oxazole rings is 1. The molecule has 40 heavy (non-hydrogen) atoms. The standard InChI is InChI=1S/C30H32N4O6/c1-18(2)39-30(37)28(31)24-16-23(10-8-20(24)9-11-27(35)36)38-15-12-25-19(3)40-29(34-25)22-6-4-21(5-7-22)26-17-32-13-14-33-26/h4-8,10,13-14,16-18,28H,9,11-12,15,31H2,1-3H3,(H,35,36). The van der Waals surface area contributed by atoms with Crippen LogP contribution in [0.2, 0.25) is 0 Å². The lowest BCUT2D eigenvalue weighted by Crippen LogP contribution is -2.27. The number of aryl methyl sites for hydroxylation is 2. The minimum absolute atomic E-state index is 0.0873. The van der Waals surface area contributed by atoms with E-state index in [1.165, 1.54) is 0 Å². The van der Waals surface area contributed by atoms with Crippen LogP contribution in [0.5, 0.6) is 5.75 Å². The number of ether oxygens (including phenoxy) is 2. The van der Waals surface area contributed by atoms with Gasteiger partial charge in [0.2, 0.25) is 5.89 Å². The zero-order chi connectivity index (χ0) is 28.6. The van der Waals surface area contributed by atoms with Gasteiger partial charge in [0.25, 0.3) is 0 Å². The van der Waals surface area contributed by atoms with Gasteiger partial charge in [0, 0.05) is 36.4 Å². The summed E-state index contributed by atoms with van der Waals surface area (Å²) in [6.45, 7) is 5.63. The average molecular weight is 545 g/mol. The molecular formula is C30H32N4O6. The number of carboxylic acid groups (broad SMARTS) is 1. The Morgan fingerprint density at radius 2 is 1.80 bits per heavy atom. The zero-order valence-corrected chi connectivity index (χ0v) is 22.7. The van der Waals surface area contributed by atoms with E-state index in [2.05, 4.69) is 15.0 Å². The van der Waals surface area contributed by atoms with Crippen LogP contribution in [-0.2, 0) is 27.2 Å². The van der Waals surface area contributed by atoms with Crippen LogP contribution in [0.3, 0.4) is 0 Å². The van der Waals surface area contributed by atoms with E-state index in [1.807, 2.05) is 31.2 Å². The monoisotopic (exact) mass is 544 g/mol. The van der Waals surface area contributed by atoms with E-state index in [0.29, 0.717) is 41.6 Å². The third kappa shape index (κ3) is 7.29. The molecule has 0 amide bonds. The Morgan fingerprint density at radius 1 is 1.05 bits per heavy atom. The van der Waals surface area contributed by atoms with Crippen LogP contribution in [0.25, 0.3) is 22.7 Å². The number of carbonyl (C=O) groups is 2. The van der Waals surface area contributed by atoms with Crippen molar-refractivity contribution in [2.45, 2.75) is 52.2 Å². The number of hydrogen-bond donors (Lipinski definition) is 2. The first-order valence-corrected chi connectivity index (χ1v) is 13.0. The van der Waals surface area contributed by atoms with E-state index in [0.717, 1.165) is 22.5 Å². The highest BCUT2D eigenvalue weighted by Crippen LogP contribution is 2.27. The number of carboxylic acids is 1. The van der Waals surface area contributed by atoms with Gasteiger partial charge in [0.1, 0.15) is 17.6 Å².